The van der Waals surface area contributed by atoms with Crippen molar-refractivity contribution in [1.29, 1.82) is 0 Å². The van der Waals surface area contributed by atoms with E-state index in [4.69, 9.17) is 9.97 Å². The summed E-state index contributed by atoms with van der Waals surface area (Å²) in [5.74, 6) is 1.30. The fraction of sp³-hybridized carbons (Fsp3) is 0.158. The summed E-state index contributed by atoms with van der Waals surface area (Å²) in [6.07, 6.45) is 0. The molecule has 5 rings (SSSR count). The van der Waals surface area contributed by atoms with Gasteiger partial charge in [0.15, 0.2) is 11.6 Å². The van der Waals surface area contributed by atoms with E-state index in [1.807, 2.05) is 54.4 Å². The van der Waals surface area contributed by atoms with Gasteiger partial charge in [-0.25, -0.2) is 15.0 Å². The second-order valence-corrected chi connectivity index (χ2v) is 7.16. The average molecular weight is 361 g/mol. The molecule has 1 aliphatic heterocycles. The minimum Gasteiger partial charge on any atom is -0.355 e. The molecule has 0 radical (unpaired) electrons. The van der Waals surface area contributed by atoms with Crippen LogP contribution in [0.3, 0.4) is 0 Å². The van der Waals surface area contributed by atoms with E-state index in [0.717, 1.165) is 27.1 Å². The number of thiazole rings is 1. The third-order valence-corrected chi connectivity index (χ3v) is 5.43. The number of rotatable bonds is 1. The van der Waals surface area contributed by atoms with Crippen LogP contribution in [-0.4, -0.2) is 41.0 Å². The van der Waals surface area contributed by atoms with E-state index in [0.29, 0.717) is 24.5 Å². The Kier molecular flexibility index (Phi) is 3.36. The predicted molar refractivity (Wildman–Crippen MR) is 104 cm³/mol. The van der Waals surface area contributed by atoms with Crippen molar-refractivity contribution in [3.63, 3.8) is 0 Å². The lowest BCUT2D eigenvalue weighted by molar-refractivity contribution is 0.0986. The van der Waals surface area contributed by atoms with Crippen LogP contribution in [0.2, 0.25) is 0 Å². The molecular weight excluding hydrogens is 346 g/mol. The van der Waals surface area contributed by atoms with E-state index < -0.39 is 0 Å². The molecule has 1 aliphatic rings. The van der Waals surface area contributed by atoms with E-state index >= 15 is 0 Å². The second-order valence-electron chi connectivity index (χ2n) is 6.27. The van der Waals surface area contributed by atoms with Gasteiger partial charge in [-0.1, -0.05) is 12.1 Å². The van der Waals surface area contributed by atoms with Crippen LogP contribution in [0.5, 0.6) is 0 Å². The smallest absolute Gasteiger partial charge is 0.259 e. The first-order valence-electron chi connectivity index (χ1n) is 8.34. The van der Waals surface area contributed by atoms with Crippen molar-refractivity contribution in [3.05, 3.63) is 53.5 Å². The molecule has 0 spiro atoms. The maximum absolute atomic E-state index is 13.2. The van der Waals surface area contributed by atoms with Gasteiger partial charge in [0.1, 0.15) is 0 Å². The Morgan fingerprint density at radius 2 is 1.77 bits per heavy atom. The Balaban J connectivity index is 1.62. The maximum Gasteiger partial charge on any atom is 0.259 e. The third kappa shape index (κ3) is 2.32. The van der Waals surface area contributed by atoms with Gasteiger partial charge in [0.25, 0.3) is 5.91 Å². The number of fused-ring (bicyclic) bond motifs is 3. The molecule has 0 atom stereocenters. The van der Waals surface area contributed by atoms with Crippen molar-refractivity contribution in [2.45, 2.75) is 0 Å². The molecule has 1 amide bonds. The molecule has 0 bridgehead atoms. The van der Waals surface area contributed by atoms with Crippen LogP contribution in [0, 0.1) is 0 Å². The minimum atomic E-state index is -0.0563. The number of benzene rings is 2. The van der Waals surface area contributed by atoms with Gasteiger partial charge in [-0.3, -0.25) is 9.69 Å². The third-order valence-electron chi connectivity index (χ3n) is 4.63. The summed E-state index contributed by atoms with van der Waals surface area (Å²) >= 11 is 1.54. The van der Waals surface area contributed by atoms with Gasteiger partial charge in [-0.05, 0) is 30.3 Å². The fourth-order valence-electron chi connectivity index (χ4n) is 3.22. The molecule has 2 aromatic carbocycles. The normalized spacial score (nSPS) is 14.0. The number of hydrogen-bond donors (Lipinski definition) is 0. The first kappa shape index (κ1) is 15.2. The number of aromatic nitrogens is 3. The van der Waals surface area contributed by atoms with Crippen molar-refractivity contribution in [1.82, 2.24) is 15.0 Å². The topological polar surface area (TPSA) is 62.2 Å². The average Bonchev–Trinajstić information content (AvgIpc) is 3.14. The van der Waals surface area contributed by atoms with Crippen LogP contribution in [0.4, 0.5) is 11.6 Å². The number of carbonyl (C=O) groups is 1. The SMILES string of the molecule is CN1CCN(C(=O)c2ccc3ncsc3c2)c2nc3ccccc3nc21. The molecule has 0 saturated carbocycles. The second kappa shape index (κ2) is 5.74. The molecule has 7 heteroatoms. The molecule has 0 N–H and O–H groups in total. The number of amides is 1. The fourth-order valence-corrected chi connectivity index (χ4v) is 3.94. The van der Waals surface area contributed by atoms with E-state index in [9.17, 15) is 4.79 Å². The molecular formula is C19H15N5OS. The molecule has 0 fully saturated rings. The number of anilines is 2. The Labute approximate surface area is 153 Å². The highest BCUT2D eigenvalue weighted by Crippen LogP contribution is 2.32. The molecule has 128 valence electrons. The summed E-state index contributed by atoms with van der Waals surface area (Å²) in [7, 11) is 1.98. The van der Waals surface area contributed by atoms with Crippen LogP contribution in [0.25, 0.3) is 21.3 Å². The van der Waals surface area contributed by atoms with Gasteiger partial charge in [-0.15, -0.1) is 11.3 Å². The zero-order chi connectivity index (χ0) is 17.7. The summed E-state index contributed by atoms with van der Waals surface area (Å²) < 4.78 is 1.01. The van der Waals surface area contributed by atoms with Gasteiger partial charge in [0, 0.05) is 25.7 Å². The summed E-state index contributed by atoms with van der Waals surface area (Å²) in [6, 6.07) is 13.4. The Bertz CT molecular complexity index is 1160. The summed E-state index contributed by atoms with van der Waals surface area (Å²) in [4.78, 5) is 30.7. The summed E-state index contributed by atoms with van der Waals surface area (Å²) in [6.45, 7) is 1.30. The molecule has 0 unspecified atom stereocenters. The first-order valence-corrected chi connectivity index (χ1v) is 9.22. The lowest BCUT2D eigenvalue weighted by Gasteiger charge is -2.33. The van der Waals surface area contributed by atoms with Crippen LogP contribution >= 0.6 is 11.3 Å². The highest BCUT2D eigenvalue weighted by atomic mass is 32.1. The molecule has 3 heterocycles. The predicted octanol–water partition coefficient (Wildman–Crippen LogP) is 3.34. The Hall–Kier alpha value is -3.06. The number of carbonyl (C=O) groups excluding carboxylic acids is 1. The lowest BCUT2D eigenvalue weighted by atomic mass is 10.1. The molecule has 0 aliphatic carbocycles. The van der Waals surface area contributed by atoms with Gasteiger partial charge in [0.05, 0.1) is 26.8 Å². The minimum absolute atomic E-state index is 0.0563. The summed E-state index contributed by atoms with van der Waals surface area (Å²) in [5.41, 5.74) is 4.97. The van der Waals surface area contributed by atoms with Crippen LogP contribution in [0.15, 0.2) is 48.0 Å². The van der Waals surface area contributed by atoms with Crippen molar-refractivity contribution in [2.24, 2.45) is 0 Å². The van der Waals surface area contributed by atoms with Gasteiger partial charge < -0.3 is 4.90 Å². The maximum atomic E-state index is 13.2. The van der Waals surface area contributed by atoms with E-state index in [2.05, 4.69) is 4.98 Å². The van der Waals surface area contributed by atoms with Gasteiger partial charge >= 0.3 is 0 Å². The van der Waals surface area contributed by atoms with Crippen LogP contribution < -0.4 is 9.80 Å². The molecule has 6 nitrogen and oxygen atoms in total. The standard InChI is InChI=1S/C19H15N5OS/c1-23-8-9-24(18-17(23)21-13-4-2-3-5-14(13)22-18)19(25)12-6-7-15-16(10-12)26-11-20-15/h2-7,10-11H,8-9H2,1H3. The quantitative estimate of drug-likeness (QED) is 0.520. The number of hydrogen-bond acceptors (Lipinski definition) is 6. The van der Waals surface area contributed by atoms with E-state index in [1.165, 1.54) is 11.3 Å². The zero-order valence-electron chi connectivity index (χ0n) is 14.1. The van der Waals surface area contributed by atoms with Gasteiger partial charge in [0.2, 0.25) is 0 Å². The molecule has 4 aromatic rings. The van der Waals surface area contributed by atoms with E-state index in [1.54, 1.807) is 10.4 Å². The van der Waals surface area contributed by atoms with Crippen molar-refractivity contribution in [3.8, 4) is 0 Å². The van der Waals surface area contributed by atoms with Crippen molar-refractivity contribution in [2.75, 3.05) is 29.9 Å². The first-order chi connectivity index (χ1) is 12.7. The van der Waals surface area contributed by atoms with Crippen LogP contribution in [0.1, 0.15) is 10.4 Å². The van der Waals surface area contributed by atoms with Gasteiger partial charge in [-0.2, -0.15) is 0 Å². The lowest BCUT2D eigenvalue weighted by Crippen LogP contribution is -2.43. The molecule has 2 aromatic heterocycles. The van der Waals surface area contributed by atoms with Crippen LogP contribution in [-0.2, 0) is 0 Å². The number of likely N-dealkylation sites (N-methyl/N-ethyl adjacent to an activating group) is 1. The van der Waals surface area contributed by atoms with E-state index in [-0.39, 0.29) is 5.91 Å². The van der Waals surface area contributed by atoms with Crippen molar-refractivity contribution >= 4 is 50.1 Å². The highest BCUT2D eigenvalue weighted by Gasteiger charge is 2.29. The van der Waals surface area contributed by atoms with Crippen molar-refractivity contribution < 1.29 is 4.79 Å². The Morgan fingerprint density at radius 1 is 1.00 bits per heavy atom. The monoisotopic (exact) mass is 361 g/mol. The number of nitrogens with zero attached hydrogens (tertiary/aromatic N) is 5. The Morgan fingerprint density at radius 3 is 2.58 bits per heavy atom. The summed E-state index contributed by atoms with van der Waals surface area (Å²) in [5, 5.41) is 0. The largest absolute Gasteiger partial charge is 0.355 e. The number of para-hydroxylation sites is 2. The highest BCUT2D eigenvalue weighted by molar-refractivity contribution is 7.16. The molecule has 0 saturated heterocycles. The zero-order valence-corrected chi connectivity index (χ0v) is 14.9. The molecule has 26 heavy (non-hydrogen) atoms.